The fourth-order valence-electron chi connectivity index (χ4n) is 0.318. The van der Waals surface area contributed by atoms with Gasteiger partial charge in [0.2, 0.25) is 0 Å². The number of rotatable bonds is 0. The Balaban J connectivity index is 2.48. The van der Waals surface area contributed by atoms with E-state index in [0.717, 1.165) is 0 Å². The molecule has 0 bridgehead atoms. The first-order valence-electron chi connectivity index (χ1n) is 1.62. The van der Waals surface area contributed by atoms with Crippen molar-refractivity contribution in [2.24, 2.45) is 0 Å². The summed E-state index contributed by atoms with van der Waals surface area (Å²) < 4.78 is 0. The van der Waals surface area contributed by atoms with Crippen molar-refractivity contribution in [3.63, 3.8) is 0 Å². The molecule has 2 aliphatic rings. The fraction of sp³-hybridized carbons (Fsp3) is 1.00. The first-order valence-corrected chi connectivity index (χ1v) is 2.56. The summed E-state index contributed by atoms with van der Waals surface area (Å²) >= 11 is 2.12. The second kappa shape index (κ2) is 0.265. The highest BCUT2D eigenvalue weighted by Crippen LogP contribution is 2.62. The van der Waals surface area contributed by atoms with Gasteiger partial charge >= 0.3 is 0 Å². The molecule has 2 unspecified atom stereocenters. The van der Waals surface area contributed by atoms with Gasteiger partial charge in [-0.15, -0.1) is 0 Å². The van der Waals surface area contributed by atoms with Gasteiger partial charge in [-0.2, -0.15) is 11.8 Å². The topological polar surface area (TPSA) is 0 Å². The van der Waals surface area contributed by atoms with Crippen molar-refractivity contribution in [2.45, 2.75) is 16.9 Å². The van der Waals surface area contributed by atoms with E-state index in [9.17, 15) is 0 Å². The van der Waals surface area contributed by atoms with Crippen LogP contribution >= 0.6 is 11.8 Å². The second-order valence-electron chi connectivity index (χ2n) is 1.45. The molecule has 0 amide bonds. The van der Waals surface area contributed by atoms with Crippen LogP contribution in [0, 0.1) is 0 Å². The quantitative estimate of drug-likeness (QED) is 0.383. The van der Waals surface area contributed by atoms with Gasteiger partial charge in [-0.25, -0.2) is 0 Å². The van der Waals surface area contributed by atoms with Crippen LogP contribution in [-0.4, -0.2) is 10.5 Å². The molecule has 1 heterocycles. The highest BCUT2D eigenvalue weighted by Gasteiger charge is 2.54. The van der Waals surface area contributed by atoms with E-state index in [1.807, 2.05) is 0 Å². The summed E-state index contributed by atoms with van der Waals surface area (Å²) in [5, 5.41) is 2.33. The van der Waals surface area contributed by atoms with E-state index >= 15 is 0 Å². The molecular weight excluding hydrogens is 68.1 g/mol. The minimum atomic E-state index is 1.17. The van der Waals surface area contributed by atoms with Crippen molar-refractivity contribution in [3.8, 4) is 0 Å². The SMILES string of the molecule is C1C2SC12. The molecule has 0 aromatic heterocycles. The highest BCUT2D eigenvalue weighted by atomic mass is 32.2. The van der Waals surface area contributed by atoms with Crippen LogP contribution in [0.2, 0.25) is 0 Å². The maximum atomic E-state index is 2.12. The van der Waals surface area contributed by atoms with E-state index < -0.39 is 0 Å². The first-order chi connectivity index (χ1) is 1.97. The Hall–Kier alpha value is 0.350. The number of hydrogen-bond donors (Lipinski definition) is 0. The van der Waals surface area contributed by atoms with E-state index in [2.05, 4.69) is 11.8 Å². The number of hydrogen-bond acceptors (Lipinski definition) is 1. The van der Waals surface area contributed by atoms with Gasteiger partial charge in [-0.1, -0.05) is 0 Å². The molecule has 1 saturated carbocycles. The van der Waals surface area contributed by atoms with Crippen LogP contribution in [0.25, 0.3) is 0 Å². The third kappa shape index (κ3) is 0.0614. The molecule has 22 valence electrons. The Labute approximate surface area is 29.6 Å². The molecule has 1 aliphatic carbocycles. The van der Waals surface area contributed by atoms with Gasteiger partial charge in [0.1, 0.15) is 0 Å². The summed E-state index contributed by atoms with van der Waals surface area (Å²) in [6.45, 7) is 0. The minimum Gasteiger partial charge on any atom is -0.153 e. The van der Waals surface area contributed by atoms with Crippen LogP contribution in [0.3, 0.4) is 0 Å². The molecule has 4 heavy (non-hydrogen) atoms. The Bertz CT molecular complexity index is 39.2. The standard InChI is InChI=1S/C3H4S/c1-2-3(1)4-2/h2-3H,1H2. The summed E-state index contributed by atoms with van der Waals surface area (Å²) in [5.41, 5.74) is 0. The average Bonchev–Trinajstić information content (AvgIpc) is 1.36. The van der Waals surface area contributed by atoms with Crippen molar-refractivity contribution in [3.05, 3.63) is 0 Å². The lowest BCUT2D eigenvalue weighted by Gasteiger charge is -1.61. The fourth-order valence-corrected chi connectivity index (χ4v) is 0.955. The molecule has 1 saturated heterocycles. The molecule has 0 N–H and O–H groups in total. The van der Waals surface area contributed by atoms with Crippen molar-refractivity contribution < 1.29 is 0 Å². The largest absolute Gasteiger partial charge is 0.153 e. The number of fused-ring (bicyclic) bond motifs is 1. The van der Waals surface area contributed by atoms with E-state index in [1.54, 1.807) is 6.42 Å². The lowest BCUT2D eigenvalue weighted by atomic mass is 11.0. The zero-order valence-electron chi connectivity index (χ0n) is 2.27. The normalized spacial score (nSPS) is 66.0. The molecule has 2 fully saturated rings. The van der Waals surface area contributed by atoms with E-state index in [1.165, 1.54) is 10.5 Å². The molecule has 2 atom stereocenters. The zero-order valence-corrected chi connectivity index (χ0v) is 3.09. The molecule has 2 rings (SSSR count). The van der Waals surface area contributed by atoms with Crippen molar-refractivity contribution in [1.82, 2.24) is 0 Å². The van der Waals surface area contributed by atoms with Crippen LogP contribution in [0.4, 0.5) is 0 Å². The van der Waals surface area contributed by atoms with Crippen LogP contribution in [0.15, 0.2) is 0 Å². The molecule has 0 nitrogen and oxygen atoms in total. The summed E-state index contributed by atoms with van der Waals surface area (Å²) in [4.78, 5) is 0. The molecular formula is C3H4S. The molecule has 0 spiro atoms. The molecule has 1 heteroatoms. The van der Waals surface area contributed by atoms with Gasteiger partial charge in [-0.3, -0.25) is 0 Å². The van der Waals surface area contributed by atoms with E-state index in [0.29, 0.717) is 0 Å². The molecule has 0 aromatic carbocycles. The lowest BCUT2D eigenvalue weighted by molar-refractivity contribution is 1.47. The molecule has 0 aromatic rings. The first kappa shape index (κ1) is 1.71. The monoisotopic (exact) mass is 72.0 g/mol. The lowest BCUT2D eigenvalue weighted by Crippen LogP contribution is -1.43. The second-order valence-corrected chi connectivity index (χ2v) is 2.93. The van der Waals surface area contributed by atoms with Gasteiger partial charge in [0.25, 0.3) is 0 Å². The summed E-state index contributed by atoms with van der Waals surface area (Å²) in [7, 11) is 0. The van der Waals surface area contributed by atoms with Gasteiger partial charge in [-0.05, 0) is 6.42 Å². The number of thioether (sulfide) groups is 1. The van der Waals surface area contributed by atoms with Gasteiger partial charge in [0.15, 0.2) is 0 Å². The average molecular weight is 72.1 g/mol. The Morgan fingerprint density at radius 2 is 1.75 bits per heavy atom. The van der Waals surface area contributed by atoms with Gasteiger partial charge < -0.3 is 0 Å². The van der Waals surface area contributed by atoms with Crippen LogP contribution in [0.5, 0.6) is 0 Å². The third-order valence-electron chi connectivity index (χ3n) is 0.949. The van der Waals surface area contributed by atoms with E-state index in [-0.39, 0.29) is 0 Å². The predicted molar refractivity (Wildman–Crippen MR) is 19.8 cm³/mol. The molecule has 1 aliphatic heterocycles. The maximum absolute atomic E-state index is 2.12. The summed E-state index contributed by atoms with van der Waals surface area (Å²) in [5.74, 6) is 0. The Morgan fingerprint density at radius 1 is 1.50 bits per heavy atom. The van der Waals surface area contributed by atoms with Crippen LogP contribution in [0.1, 0.15) is 6.42 Å². The predicted octanol–water partition coefficient (Wildman–Crippen LogP) is 0.874. The zero-order chi connectivity index (χ0) is 2.57. The van der Waals surface area contributed by atoms with Gasteiger partial charge in [0.05, 0.1) is 0 Å². The van der Waals surface area contributed by atoms with Crippen LogP contribution in [-0.2, 0) is 0 Å². The minimum absolute atomic E-state index is 1.17. The van der Waals surface area contributed by atoms with Crippen molar-refractivity contribution >= 4 is 11.8 Å². The summed E-state index contributed by atoms with van der Waals surface area (Å²) in [6, 6.07) is 0. The highest BCUT2D eigenvalue weighted by molar-refractivity contribution is 8.09. The van der Waals surface area contributed by atoms with E-state index in [4.69, 9.17) is 0 Å². The summed E-state index contributed by atoms with van der Waals surface area (Å²) in [6.07, 6.45) is 1.55. The molecule has 0 radical (unpaired) electrons. The Kier molecular flexibility index (Phi) is 0.113. The smallest absolute Gasteiger partial charge is 0.0181 e. The van der Waals surface area contributed by atoms with Crippen LogP contribution < -0.4 is 0 Å². The van der Waals surface area contributed by atoms with Crippen molar-refractivity contribution in [2.75, 3.05) is 0 Å². The maximum Gasteiger partial charge on any atom is 0.0181 e. The van der Waals surface area contributed by atoms with Crippen molar-refractivity contribution in [1.29, 1.82) is 0 Å². The van der Waals surface area contributed by atoms with Gasteiger partial charge in [0, 0.05) is 10.5 Å². The third-order valence-corrected chi connectivity index (χ3v) is 2.38. The Morgan fingerprint density at radius 3 is 1.75 bits per heavy atom.